The lowest BCUT2D eigenvalue weighted by Gasteiger charge is -2.34. The summed E-state index contributed by atoms with van der Waals surface area (Å²) in [7, 11) is 0. The van der Waals surface area contributed by atoms with E-state index in [0.717, 1.165) is 12.5 Å². The van der Waals surface area contributed by atoms with Crippen LogP contribution in [0.25, 0.3) is 0 Å². The second kappa shape index (κ2) is 6.59. The van der Waals surface area contributed by atoms with Crippen LogP contribution in [0.1, 0.15) is 30.8 Å². The van der Waals surface area contributed by atoms with Crippen LogP contribution in [0.3, 0.4) is 0 Å². The molecule has 2 heterocycles. The number of nitrogens with one attached hydrogen (secondary N) is 2. The average Bonchev–Trinajstić information content (AvgIpc) is 2.42. The van der Waals surface area contributed by atoms with Crippen molar-refractivity contribution in [1.82, 2.24) is 14.9 Å². The number of piperidine rings is 1. The van der Waals surface area contributed by atoms with Gasteiger partial charge in [-0.1, -0.05) is 13.8 Å². The van der Waals surface area contributed by atoms with Gasteiger partial charge in [-0.2, -0.15) is 0 Å². The second-order valence-electron chi connectivity index (χ2n) is 5.82. The average molecular weight is 309 g/mol. The summed E-state index contributed by atoms with van der Waals surface area (Å²) >= 11 is 0. The number of esters is 1. The first-order valence-corrected chi connectivity index (χ1v) is 7.13. The molecule has 1 aliphatic rings. The van der Waals surface area contributed by atoms with Gasteiger partial charge in [0.05, 0.1) is 0 Å². The molecule has 8 nitrogen and oxygen atoms in total. The molecule has 1 aromatic heterocycles. The lowest BCUT2D eigenvalue weighted by molar-refractivity contribution is -0.137. The fourth-order valence-electron chi connectivity index (χ4n) is 2.74. The maximum absolute atomic E-state index is 12.1. The van der Waals surface area contributed by atoms with Crippen LogP contribution in [0.5, 0.6) is 0 Å². The fraction of sp³-hybridized carbons (Fsp3) is 0.571. The summed E-state index contributed by atoms with van der Waals surface area (Å²) in [5, 5.41) is 0. The SMILES string of the molecule is CC1CC(C)CN(C(=O)COC(=O)c2cc(=O)[nH]c(=O)[nH]2)C1. The molecule has 1 amide bonds. The van der Waals surface area contributed by atoms with E-state index in [1.165, 1.54) is 0 Å². The summed E-state index contributed by atoms with van der Waals surface area (Å²) in [5.41, 5.74) is -1.79. The predicted octanol–water partition coefficient (Wildman–Crippen LogP) is -0.275. The Labute approximate surface area is 126 Å². The number of aromatic amines is 2. The molecule has 120 valence electrons. The van der Waals surface area contributed by atoms with Gasteiger partial charge in [0.2, 0.25) is 0 Å². The summed E-state index contributed by atoms with van der Waals surface area (Å²) in [4.78, 5) is 51.8. The van der Waals surface area contributed by atoms with E-state index in [0.29, 0.717) is 24.9 Å². The van der Waals surface area contributed by atoms with E-state index in [1.54, 1.807) is 4.90 Å². The molecule has 2 N–H and O–H groups in total. The minimum absolute atomic E-state index is 0.276. The molecule has 2 atom stereocenters. The molecule has 0 spiro atoms. The molecule has 0 aliphatic carbocycles. The molecule has 0 radical (unpaired) electrons. The van der Waals surface area contributed by atoms with Crippen molar-refractivity contribution in [1.29, 1.82) is 0 Å². The number of ether oxygens (including phenoxy) is 1. The molecule has 1 aliphatic heterocycles. The second-order valence-corrected chi connectivity index (χ2v) is 5.82. The highest BCUT2D eigenvalue weighted by Gasteiger charge is 2.26. The zero-order valence-corrected chi connectivity index (χ0v) is 12.5. The van der Waals surface area contributed by atoms with Gasteiger partial charge in [-0.25, -0.2) is 9.59 Å². The Morgan fingerprint density at radius 1 is 1.23 bits per heavy atom. The topological polar surface area (TPSA) is 112 Å². The fourth-order valence-corrected chi connectivity index (χ4v) is 2.74. The molecule has 2 unspecified atom stereocenters. The number of rotatable bonds is 3. The molecule has 22 heavy (non-hydrogen) atoms. The molecular weight excluding hydrogens is 290 g/mol. The van der Waals surface area contributed by atoms with Crippen LogP contribution in [-0.4, -0.2) is 46.4 Å². The van der Waals surface area contributed by atoms with Crippen LogP contribution in [0.2, 0.25) is 0 Å². The maximum atomic E-state index is 12.1. The van der Waals surface area contributed by atoms with Gasteiger partial charge in [-0.05, 0) is 18.3 Å². The Morgan fingerprint density at radius 2 is 1.86 bits per heavy atom. The number of carbonyl (C=O) groups excluding carboxylic acids is 2. The highest BCUT2D eigenvalue weighted by molar-refractivity contribution is 5.89. The third-order valence-corrected chi connectivity index (χ3v) is 3.53. The van der Waals surface area contributed by atoms with Crippen molar-refractivity contribution in [3.8, 4) is 0 Å². The summed E-state index contributed by atoms with van der Waals surface area (Å²) < 4.78 is 4.87. The maximum Gasteiger partial charge on any atom is 0.355 e. The molecule has 0 aromatic carbocycles. The molecule has 0 saturated carbocycles. The third-order valence-electron chi connectivity index (χ3n) is 3.53. The number of H-pyrrole nitrogens is 2. The monoisotopic (exact) mass is 309 g/mol. The molecule has 2 rings (SSSR count). The van der Waals surface area contributed by atoms with E-state index in [1.807, 2.05) is 4.98 Å². The van der Waals surface area contributed by atoms with Crippen molar-refractivity contribution in [3.63, 3.8) is 0 Å². The van der Waals surface area contributed by atoms with Gasteiger partial charge < -0.3 is 14.6 Å². The Morgan fingerprint density at radius 3 is 2.45 bits per heavy atom. The number of aromatic nitrogens is 2. The van der Waals surface area contributed by atoms with Crippen molar-refractivity contribution in [2.45, 2.75) is 20.3 Å². The van der Waals surface area contributed by atoms with E-state index < -0.39 is 23.8 Å². The largest absolute Gasteiger partial charge is 0.451 e. The molecule has 0 bridgehead atoms. The van der Waals surface area contributed by atoms with Crippen LogP contribution >= 0.6 is 0 Å². The quantitative estimate of drug-likeness (QED) is 0.746. The number of amides is 1. The Kier molecular flexibility index (Phi) is 4.79. The Balaban J connectivity index is 1.94. The van der Waals surface area contributed by atoms with E-state index in [4.69, 9.17) is 4.74 Å². The lowest BCUT2D eigenvalue weighted by atomic mass is 9.92. The number of hydrogen-bond acceptors (Lipinski definition) is 5. The first kappa shape index (κ1) is 16.0. The van der Waals surface area contributed by atoms with Gasteiger partial charge in [0, 0.05) is 19.2 Å². The van der Waals surface area contributed by atoms with E-state index in [9.17, 15) is 19.2 Å². The van der Waals surface area contributed by atoms with E-state index in [2.05, 4.69) is 18.8 Å². The summed E-state index contributed by atoms with van der Waals surface area (Å²) in [6.45, 7) is 5.02. The summed E-state index contributed by atoms with van der Waals surface area (Å²) in [6.07, 6.45) is 1.07. The van der Waals surface area contributed by atoms with Gasteiger partial charge in [0.1, 0.15) is 5.69 Å². The van der Waals surface area contributed by atoms with Crippen LogP contribution in [0.4, 0.5) is 0 Å². The van der Waals surface area contributed by atoms with Crippen molar-refractivity contribution in [2.75, 3.05) is 19.7 Å². The molecule has 1 aromatic rings. The number of carbonyl (C=O) groups is 2. The van der Waals surface area contributed by atoms with Crippen molar-refractivity contribution >= 4 is 11.9 Å². The van der Waals surface area contributed by atoms with Gasteiger partial charge in [0.25, 0.3) is 11.5 Å². The van der Waals surface area contributed by atoms with E-state index in [-0.39, 0.29) is 11.6 Å². The Bertz CT molecular complexity index is 639. The molecular formula is C14H19N3O5. The standard InChI is InChI=1S/C14H19N3O5/c1-8-3-9(2)6-17(5-8)12(19)7-22-13(20)10-4-11(18)16-14(21)15-10/h4,8-9H,3,5-7H2,1-2H3,(H2,15,16,18,21). The van der Waals surface area contributed by atoms with Gasteiger partial charge in [-0.15, -0.1) is 0 Å². The lowest BCUT2D eigenvalue weighted by Crippen LogP contribution is -2.44. The highest BCUT2D eigenvalue weighted by atomic mass is 16.5. The van der Waals surface area contributed by atoms with Gasteiger partial charge >= 0.3 is 11.7 Å². The van der Waals surface area contributed by atoms with Crippen molar-refractivity contribution in [2.24, 2.45) is 11.8 Å². The zero-order chi connectivity index (χ0) is 16.3. The number of likely N-dealkylation sites (tertiary alicyclic amines) is 1. The molecule has 8 heteroatoms. The third kappa shape index (κ3) is 4.06. The zero-order valence-electron chi connectivity index (χ0n) is 12.5. The summed E-state index contributed by atoms with van der Waals surface area (Å²) in [6, 6.07) is 0.916. The van der Waals surface area contributed by atoms with Crippen molar-refractivity contribution in [3.05, 3.63) is 32.6 Å². The number of hydrogen-bond donors (Lipinski definition) is 2. The molecule has 1 fully saturated rings. The minimum atomic E-state index is -0.908. The van der Waals surface area contributed by atoms with E-state index >= 15 is 0 Å². The van der Waals surface area contributed by atoms with Crippen LogP contribution in [-0.2, 0) is 9.53 Å². The normalized spacial score (nSPS) is 21.5. The smallest absolute Gasteiger partial charge is 0.355 e. The summed E-state index contributed by atoms with van der Waals surface area (Å²) in [5.74, 6) is -0.367. The predicted molar refractivity (Wildman–Crippen MR) is 77.5 cm³/mol. The highest BCUT2D eigenvalue weighted by Crippen LogP contribution is 2.20. The van der Waals surface area contributed by atoms with Crippen molar-refractivity contribution < 1.29 is 14.3 Å². The first-order valence-electron chi connectivity index (χ1n) is 7.13. The number of nitrogens with zero attached hydrogens (tertiary/aromatic N) is 1. The Hall–Kier alpha value is -2.38. The van der Waals surface area contributed by atoms with Gasteiger partial charge in [0.15, 0.2) is 6.61 Å². The first-order chi connectivity index (χ1) is 10.3. The van der Waals surface area contributed by atoms with Crippen LogP contribution in [0.15, 0.2) is 15.7 Å². The van der Waals surface area contributed by atoms with Crippen LogP contribution < -0.4 is 11.2 Å². The van der Waals surface area contributed by atoms with Gasteiger partial charge in [-0.3, -0.25) is 14.6 Å². The van der Waals surface area contributed by atoms with Crippen LogP contribution in [0, 0.1) is 11.8 Å². The molecule has 1 saturated heterocycles. The minimum Gasteiger partial charge on any atom is -0.451 e.